The van der Waals surface area contributed by atoms with Gasteiger partial charge in [0.15, 0.2) is 0 Å². The minimum absolute atomic E-state index is 0.0468. The van der Waals surface area contributed by atoms with E-state index in [1.54, 1.807) is 12.4 Å². The molecular formula is C22H23ClN4O. The molecule has 1 aliphatic carbocycles. The lowest BCUT2D eigenvalue weighted by molar-refractivity contribution is 0.0951. The Morgan fingerprint density at radius 3 is 2.68 bits per heavy atom. The molecule has 0 bridgehead atoms. The van der Waals surface area contributed by atoms with E-state index >= 15 is 0 Å². The smallest absolute Gasteiger partial charge is 0.251 e. The van der Waals surface area contributed by atoms with Gasteiger partial charge < -0.3 is 5.32 Å². The number of halogens is 1. The Balaban J connectivity index is 1.78. The zero-order valence-electron chi connectivity index (χ0n) is 16.0. The third-order valence-electron chi connectivity index (χ3n) is 4.68. The van der Waals surface area contributed by atoms with Gasteiger partial charge in [0.25, 0.3) is 5.91 Å². The van der Waals surface area contributed by atoms with Crippen LogP contribution in [0.5, 0.6) is 0 Å². The standard InChI is InChI=1S/C22H23ClN4O/c1-14(2)13-27-21(7-8-25-27)16-9-15(20-6-3-18(23)12-24-20)10-17(11-16)22(28)26-19-4-5-19/h3,6-12,14,19H,4-5,13H2,1-2H3,(H,26,28). The molecular weight excluding hydrogens is 372 g/mol. The molecule has 28 heavy (non-hydrogen) atoms. The largest absolute Gasteiger partial charge is 0.349 e. The van der Waals surface area contributed by atoms with E-state index in [9.17, 15) is 4.79 Å². The molecule has 6 heteroatoms. The van der Waals surface area contributed by atoms with E-state index in [0.717, 1.165) is 41.9 Å². The maximum atomic E-state index is 12.7. The summed E-state index contributed by atoms with van der Waals surface area (Å²) in [6.45, 7) is 5.14. The van der Waals surface area contributed by atoms with Crippen LogP contribution in [-0.2, 0) is 6.54 Å². The van der Waals surface area contributed by atoms with Crippen LogP contribution in [0.15, 0.2) is 48.8 Å². The molecule has 0 spiro atoms. The maximum absolute atomic E-state index is 12.7. The number of nitrogens with one attached hydrogen (secondary N) is 1. The molecule has 1 amide bonds. The van der Waals surface area contributed by atoms with E-state index < -0.39 is 0 Å². The van der Waals surface area contributed by atoms with E-state index in [1.165, 1.54) is 0 Å². The summed E-state index contributed by atoms with van der Waals surface area (Å²) < 4.78 is 1.99. The Hall–Kier alpha value is -2.66. The van der Waals surface area contributed by atoms with Gasteiger partial charge in [-0.25, -0.2) is 0 Å². The number of rotatable bonds is 6. The molecule has 1 aliphatic rings. The number of benzene rings is 1. The van der Waals surface area contributed by atoms with E-state index in [1.807, 2.05) is 35.0 Å². The van der Waals surface area contributed by atoms with Crippen molar-refractivity contribution in [2.75, 3.05) is 0 Å². The Morgan fingerprint density at radius 1 is 1.21 bits per heavy atom. The zero-order valence-corrected chi connectivity index (χ0v) is 16.8. The molecule has 1 fully saturated rings. The van der Waals surface area contributed by atoms with Crippen LogP contribution in [-0.4, -0.2) is 26.7 Å². The van der Waals surface area contributed by atoms with Crippen molar-refractivity contribution in [1.29, 1.82) is 0 Å². The first kappa shape index (κ1) is 18.7. The van der Waals surface area contributed by atoms with Crippen molar-refractivity contribution in [2.45, 2.75) is 39.3 Å². The lowest BCUT2D eigenvalue weighted by Crippen LogP contribution is -2.25. The number of hydrogen-bond donors (Lipinski definition) is 1. The van der Waals surface area contributed by atoms with Gasteiger partial charge in [-0.3, -0.25) is 14.5 Å². The topological polar surface area (TPSA) is 59.8 Å². The SMILES string of the molecule is CC(C)Cn1nccc1-c1cc(C(=O)NC2CC2)cc(-c2ccc(Cl)cn2)c1. The number of carbonyl (C=O) groups excluding carboxylic acids is 1. The molecule has 0 aliphatic heterocycles. The first-order valence-corrected chi connectivity index (χ1v) is 9.97. The molecule has 3 aromatic rings. The third kappa shape index (κ3) is 4.25. The Kier molecular flexibility index (Phi) is 5.18. The van der Waals surface area contributed by atoms with Crippen LogP contribution in [0.4, 0.5) is 0 Å². The van der Waals surface area contributed by atoms with E-state index in [0.29, 0.717) is 22.5 Å². The third-order valence-corrected chi connectivity index (χ3v) is 4.90. The minimum atomic E-state index is -0.0468. The number of pyridine rings is 1. The second-order valence-corrected chi connectivity index (χ2v) is 8.14. The summed E-state index contributed by atoms with van der Waals surface area (Å²) in [5, 5.41) is 8.12. The summed E-state index contributed by atoms with van der Waals surface area (Å²) in [7, 11) is 0. The average molecular weight is 395 g/mol. The number of nitrogens with zero attached hydrogens (tertiary/aromatic N) is 3. The Bertz CT molecular complexity index is 990. The highest BCUT2D eigenvalue weighted by Crippen LogP contribution is 2.29. The zero-order chi connectivity index (χ0) is 19.7. The van der Waals surface area contributed by atoms with Gasteiger partial charge in [0.2, 0.25) is 0 Å². The molecule has 1 saturated carbocycles. The predicted octanol–water partition coefficient (Wildman–Crippen LogP) is 4.81. The van der Waals surface area contributed by atoms with E-state index in [2.05, 4.69) is 35.3 Å². The van der Waals surface area contributed by atoms with Crippen LogP contribution in [0, 0.1) is 5.92 Å². The monoisotopic (exact) mass is 394 g/mol. The predicted molar refractivity (Wildman–Crippen MR) is 111 cm³/mol. The first-order valence-electron chi connectivity index (χ1n) is 9.59. The van der Waals surface area contributed by atoms with Crippen molar-refractivity contribution in [3.63, 3.8) is 0 Å². The molecule has 0 radical (unpaired) electrons. The van der Waals surface area contributed by atoms with Crippen molar-refractivity contribution in [3.8, 4) is 22.5 Å². The van der Waals surface area contributed by atoms with Crippen molar-refractivity contribution in [3.05, 3.63) is 59.4 Å². The van der Waals surface area contributed by atoms with E-state index in [-0.39, 0.29) is 5.91 Å². The van der Waals surface area contributed by atoms with Crippen molar-refractivity contribution in [2.24, 2.45) is 5.92 Å². The Labute approximate surface area is 169 Å². The van der Waals surface area contributed by atoms with Crippen LogP contribution in [0.3, 0.4) is 0 Å². The average Bonchev–Trinajstić information content (AvgIpc) is 3.37. The molecule has 1 N–H and O–H groups in total. The van der Waals surface area contributed by atoms with Crippen molar-refractivity contribution < 1.29 is 4.79 Å². The highest BCUT2D eigenvalue weighted by molar-refractivity contribution is 6.30. The summed E-state index contributed by atoms with van der Waals surface area (Å²) in [6, 6.07) is 11.8. The lowest BCUT2D eigenvalue weighted by Gasteiger charge is -2.13. The summed E-state index contributed by atoms with van der Waals surface area (Å²) in [5.74, 6) is 0.423. The normalized spacial score (nSPS) is 13.7. The summed E-state index contributed by atoms with van der Waals surface area (Å²) >= 11 is 5.99. The molecule has 1 aromatic carbocycles. The van der Waals surface area contributed by atoms with Gasteiger partial charge in [0.05, 0.1) is 16.4 Å². The quantitative estimate of drug-likeness (QED) is 0.652. The molecule has 2 heterocycles. The van der Waals surface area contributed by atoms with Crippen LogP contribution >= 0.6 is 11.6 Å². The summed E-state index contributed by atoms with van der Waals surface area (Å²) in [4.78, 5) is 17.2. The molecule has 0 unspecified atom stereocenters. The molecule has 0 saturated heterocycles. The minimum Gasteiger partial charge on any atom is -0.349 e. The fourth-order valence-corrected chi connectivity index (χ4v) is 3.28. The van der Waals surface area contributed by atoms with Gasteiger partial charge in [-0.05, 0) is 55.2 Å². The van der Waals surface area contributed by atoms with Gasteiger partial charge in [-0.15, -0.1) is 0 Å². The van der Waals surface area contributed by atoms with Gasteiger partial charge in [-0.1, -0.05) is 25.4 Å². The number of carbonyl (C=O) groups is 1. The maximum Gasteiger partial charge on any atom is 0.251 e. The molecule has 4 rings (SSSR count). The highest BCUT2D eigenvalue weighted by Gasteiger charge is 2.24. The van der Waals surface area contributed by atoms with Gasteiger partial charge in [0, 0.05) is 41.7 Å². The lowest BCUT2D eigenvalue weighted by atomic mass is 10.0. The second kappa shape index (κ2) is 7.76. The highest BCUT2D eigenvalue weighted by atomic mass is 35.5. The second-order valence-electron chi connectivity index (χ2n) is 7.70. The van der Waals surface area contributed by atoms with Crippen LogP contribution in [0.1, 0.15) is 37.0 Å². The van der Waals surface area contributed by atoms with Crippen molar-refractivity contribution in [1.82, 2.24) is 20.1 Å². The van der Waals surface area contributed by atoms with Gasteiger partial charge >= 0.3 is 0 Å². The van der Waals surface area contributed by atoms with E-state index in [4.69, 9.17) is 11.6 Å². The Morgan fingerprint density at radius 2 is 2.00 bits per heavy atom. The van der Waals surface area contributed by atoms with Gasteiger partial charge in [-0.2, -0.15) is 5.10 Å². The molecule has 144 valence electrons. The molecule has 2 aromatic heterocycles. The fraction of sp³-hybridized carbons (Fsp3) is 0.318. The van der Waals surface area contributed by atoms with Gasteiger partial charge in [0.1, 0.15) is 0 Å². The first-order chi connectivity index (χ1) is 13.5. The van der Waals surface area contributed by atoms with Crippen LogP contribution in [0.2, 0.25) is 5.02 Å². The summed E-state index contributed by atoms with van der Waals surface area (Å²) in [5.41, 5.74) is 4.24. The molecule has 5 nitrogen and oxygen atoms in total. The van der Waals surface area contributed by atoms with Crippen LogP contribution < -0.4 is 5.32 Å². The number of amides is 1. The molecule has 0 atom stereocenters. The van der Waals surface area contributed by atoms with Crippen LogP contribution in [0.25, 0.3) is 22.5 Å². The fourth-order valence-electron chi connectivity index (χ4n) is 3.17. The van der Waals surface area contributed by atoms with Crippen molar-refractivity contribution >= 4 is 17.5 Å². The summed E-state index contributed by atoms with van der Waals surface area (Å²) in [6.07, 6.45) is 5.53. The number of hydrogen-bond acceptors (Lipinski definition) is 3. The number of aromatic nitrogens is 3.